The second-order valence-electron chi connectivity index (χ2n) is 26.0. The molecule has 9 aliphatic rings. The summed E-state index contributed by atoms with van der Waals surface area (Å²) in [4.78, 5) is 5.61. The minimum atomic E-state index is -0.151. The fraction of sp³-hybridized carbons (Fsp3) is 0.394. The number of anilines is 3. The molecule has 5 aromatic rings. The van der Waals surface area contributed by atoms with Crippen molar-refractivity contribution in [3.8, 4) is 5.75 Å². The molecule has 0 aromatic heterocycles. The molecular weight excluding hydrogens is 848 g/mol. The molecule has 5 aliphatic carbocycles. The number of aryl methyl sites for hydroxylation is 1. The second kappa shape index (κ2) is 14.0. The first kappa shape index (κ1) is 43.1. The lowest BCUT2D eigenvalue weighted by Crippen LogP contribution is -2.64. The van der Waals surface area contributed by atoms with E-state index < -0.39 is 0 Å². The third kappa shape index (κ3) is 5.49. The number of hydrogen-bond donors (Lipinski definition) is 0. The van der Waals surface area contributed by atoms with Gasteiger partial charge in [0.1, 0.15) is 11.9 Å². The summed E-state index contributed by atoms with van der Waals surface area (Å²) in [6.07, 6.45) is 18.5. The van der Waals surface area contributed by atoms with Crippen LogP contribution in [0, 0.1) is 23.7 Å². The maximum atomic E-state index is 7.14. The van der Waals surface area contributed by atoms with Gasteiger partial charge in [-0.25, -0.2) is 0 Å². The molecule has 4 heterocycles. The third-order valence-corrected chi connectivity index (χ3v) is 19.8. The van der Waals surface area contributed by atoms with Crippen molar-refractivity contribution in [1.82, 2.24) is 0 Å². The highest BCUT2D eigenvalue weighted by Crippen LogP contribution is 2.67. The van der Waals surface area contributed by atoms with Gasteiger partial charge in [-0.15, -0.1) is 0 Å². The molecule has 0 saturated heterocycles. The van der Waals surface area contributed by atoms with E-state index >= 15 is 0 Å². The van der Waals surface area contributed by atoms with Crippen LogP contribution in [0.3, 0.4) is 0 Å². The normalized spacial score (nSPS) is 28.9. The lowest BCUT2D eigenvalue weighted by atomic mass is 9.30. The van der Waals surface area contributed by atoms with Crippen LogP contribution in [0.25, 0.3) is 11.1 Å². The number of fused-ring (bicyclic) bond motifs is 14. The summed E-state index contributed by atoms with van der Waals surface area (Å²) in [6.45, 7) is 27.1. The SMILES string of the molecule is Cc1cc2c3c(c1)N(C1C=CC=C4c5ccccc5OC41)c1cc(CC4c5ccc(C(C)(C)C)cc5C5(C)CCCCC45C)ccc1B3C1=CC(C(C)(C)C)=CC3C4=C(N2C13)C(C)(C)c1ccccc14. The fourth-order valence-electron chi connectivity index (χ4n) is 16.1. The van der Waals surface area contributed by atoms with Crippen LogP contribution in [-0.4, -0.2) is 24.9 Å². The monoisotopic (exact) mass is 917 g/mol. The van der Waals surface area contributed by atoms with Crippen molar-refractivity contribution in [2.45, 2.75) is 149 Å². The van der Waals surface area contributed by atoms with Gasteiger partial charge in [0.25, 0.3) is 0 Å². The Morgan fingerprint density at radius 2 is 1.49 bits per heavy atom. The zero-order valence-corrected chi connectivity index (χ0v) is 43.4. The molecule has 5 aromatic carbocycles. The van der Waals surface area contributed by atoms with Gasteiger partial charge in [-0.1, -0.05) is 191 Å². The number of benzene rings is 5. The molecular formula is C66H69BN2O. The van der Waals surface area contributed by atoms with E-state index in [1.807, 2.05) is 0 Å². The molecule has 352 valence electrons. The van der Waals surface area contributed by atoms with Crippen molar-refractivity contribution in [2.24, 2.45) is 16.7 Å². The van der Waals surface area contributed by atoms with E-state index in [9.17, 15) is 0 Å². The summed E-state index contributed by atoms with van der Waals surface area (Å²) in [5, 5.41) is 0. The predicted octanol–water partition coefficient (Wildman–Crippen LogP) is 14.3. The smallest absolute Gasteiger partial charge is 0.247 e. The van der Waals surface area contributed by atoms with Crippen LogP contribution in [-0.2, 0) is 22.7 Å². The van der Waals surface area contributed by atoms with E-state index in [1.54, 1.807) is 16.6 Å². The van der Waals surface area contributed by atoms with Crippen molar-refractivity contribution in [1.29, 1.82) is 0 Å². The Hall–Kier alpha value is -5.74. The molecule has 3 nitrogen and oxygen atoms in total. The number of ether oxygens (including phenoxy) is 1. The van der Waals surface area contributed by atoms with Crippen LogP contribution in [0.4, 0.5) is 17.1 Å². The Morgan fingerprint density at radius 3 is 2.27 bits per heavy atom. The highest BCUT2D eigenvalue weighted by Gasteiger charge is 2.61. The van der Waals surface area contributed by atoms with Gasteiger partial charge in [0.05, 0.1) is 12.1 Å². The van der Waals surface area contributed by atoms with Crippen molar-refractivity contribution in [2.75, 3.05) is 9.80 Å². The Balaban J connectivity index is 0.990. The molecule has 0 radical (unpaired) electrons. The topological polar surface area (TPSA) is 15.7 Å². The number of rotatable bonds is 3. The van der Waals surface area contributed by atoms with Gasteiger partial charge in [-0.2, -0.15) is 0 Å². The van der Waals surface area contributed by atoms with Crippen LogP contribution in [0.2, 0.25) is 0 Å². The molecule has 4 aliphatic heterocycles. The number of nitrogens with zero attached hydrogens (tertiary/aromatic N) is 2. The van der Waals surface area contributed by atoms with Crippen LogP contribution in [0.1, 0.15) is 145 Å². The highest BCUT2D eigenvalue weighted by molar-refractivity contribution is 6.95. The summed E-state index contributed by atoms with van der Waals surface area (Å²) < 4.78 is 7.14. The zero-order valence-electron chi connectivity index (χ0n) is 43.4. The van der Waals surface area contributed by atoms with Gasteiger partial charge in [0.15, 0.2) is 0 Å². The van der Waals surface area contributed by atoms with Crippen molar-refractivity contribution in [3.63, 3.8) is 0 Å². The molecule has 7 atom stereocenters. The van der Waals surface area contributed by atoms with E-state index in [0.29, 0.717) is 5.92 Å². The minimum Gasteiger partial charge on any atom is -0.483 e. The van der Waals surface area contributed by atoms with E-state index in [0.717, 1.165) is 12.2 Å². The lowest BCUT2D eigenvalue weighted by Gasteiger charge is -2.52. The first-order valence-electron chi connectivity index (χ1n) is 26.8. The summed E-state index contributed by atoms with van der Waals surface area (Å²) in [7, 11) is 0. The van der Waals surface area contributed by atoms with Gasteiger partial charge < -0.3 is 14.5 Å². The standard InChI is InChI=1S/C66H69BN2O/c1-38-31-54-58-55(32-38)69-59-46(57-45-20-12-14-22-47(45)64(8,9)61(57)69)35-41(63(5,6)7)37-51(59)67(58)50-28-25-39(34-53(50)68(54)52-23-18-21-43-42-19-13-15-24-56(42)70-60(43)52)33-48-44-27-26-40(62(2,3)4)36-49(44)66(11)30-17-16-29-65(48,66)10/h12-15,18-28,31-32,34-37,46,48,52,59-60H,16-17,29-30,33H2,1-11H3. The van der Waals surface area contributed by atoms with E-state index in [4.69, 9.17) is 4.74 Å². The van der Waals surface area contributed by atoms with Crippen molar-refractivity contribution < 1.29 is 4.74 Å². The zero-order chi connectivity index (χ0) is 48.2. The van der Waals surface area contributed by atoms with Gasteiger partial charge in [-0.05, 0) is 139 Å². The Morgan fingerprint density at radius 1 is 0.743 bits per heavy atom. The maximum absolute atomic E-state index is 7.14. The number of para-hydroxylation sites is 1. The molecule has 0 spiro atoms. The summed E-state index contributed by atoms with van der Waals surface area (Å²) in [5.41, 5.74) is 26.1. The van der Waals surface area contributed by atoms with Gasteiger partial charge in [0.2, 0.25) is 6.71 Å². The summed E-state index contributed by atoms with van der Waals surface area (Å²) >= 11 is 0. The quantitative estimate of drug-likeness (QED) is 0.168. The van der Waals surface area contributed by atoms with Crippen LogP contribution in [0.15, 0.2) is 144 Å². The van der Waals surface area contributed by atoms with Crippen LogP contribution in [0.5, 0.6) is 5.75 Å². The summed E-state index contributed by atoms with van der Waals surface area (Å²) in [6, 6.07) is 38.7. The third-order valence-electron chi connectivity index (χ3n) is 19.8. The van der Waals surface area contributed by atoms with Crippen molar-refractivity contribution >= 4 is 45.8 Å². The molecule has 1 fully saturated rings. The summed E-state index contributed by atoms with van der Waals surface area (Å²) in [5.74, 6) is 1.69. The van der Waals surface area contributed by atoms with Gasteiger partial charge in [0, 0.05) is 45.2 Å². The Kier molecular flexibility index (Phi) is 8.63. The van der Waals surface area contributed by atoms with Crippen LogP contribution >= 0.6 is 0 Å². The fourth-order valence-corrected chi connectivity index (χ4v) is 16.1. The predicted molar refractivity (Wildman–Crippen MR) is 294 cm³/mol. The van der Waals surface area contributed by atoms with E-state index in [-0.39, 0.29) is 57.9 Å². The first-order valence-corrected chi connectivity index (χ1v) is 26.8. The van der Waals surface area contributed by atoms with E-state index in [2.05, 4.69) is 213 Å². The molecule has 14 rings (SSSR count). The number of hydrogen-bond acceptors (Lipinski definition) is 3. The second-order valence-corrected chi connectivity index (χ2v) is 26.0. The van der Waals surface area contributed by atoms with E-state index in [1.165, 1.54) is 109 Å². The molecule has 1 saturated carbocycles. The van der Waals surface area contributed by atoms with Gasteiger partial charge >= 0.3 is 0 Å². The maximum Gasteiger partial charge on any atom is 0.247 e. The number of allylic oxidation sites excluding steroid dienone is 5. The average molecular weight is 917 g/mol. The molecule has 0 N–H and O–H groups in total. The lowest BCUT2D eigenvalue weighted by molar-refractivity contribution is 0.0794. The molecule has 4 heteroatoms. The highest BCUT2D eigenvalue weighted by atomic mass is 16.5. The minimum absolute atomic E-state index is 0.0110. The Bertz CT molecular complexity index is 3330. The van der Waals surface area contributed by atoms with Crippen LogP contribution < -0.4 is 25.5 Å². The molecule has 70 heavy (non-hydrogen) atoms. The molecule has 0 bridgehead atoms. The van der Waals surface area contributed by atoms with Crippen molar-refractivity contribution in [3.05, 3.63) is 189 Å². The Labute approximate surface area is 418 Å². The van der Waals surface area contributed by atoms with Gasteiger partial charge in [-0.3, -0.25) is 0 Å². The largest absolute Gasteiger partial charge is 0.483 e. The molecule has 0 amide bonds. The average Bonchev–Trinajstić information content (AvgIpc) is 4.01. The first-order chi connectivity index (χ1) is 33.4. The molecule has 7 unspecified atom stereocenters.